The van der Waals surface area contributed by atoms with Crippen LogP contribution in [0.15, 0.2) is 54.6 Å². The zero-order chi connectivity index (χ0) is 21.1. The van der Waals surface area contributed by atoms with E-state index in [4.69, 9.17) is 0 Å². The monoisotopic (exact) mass is 401 g/mol. The van der Waals surface area contributed by atoms with E-state index in [0.717, 1.165) is 29.4 Å². The summed E-state index contributed by atoms with van der Waals surface area (Å²) >= 11 is 0. The lowest BCUT2D eigenvalue weighted by Crippen LogP contribution is -2.38. The molecule has 1 N–H and O–H groups in total. The lowest BCUT2D eigenvalue weighted by molar-refractivity contribution is 0.0696. The Kier molecular flexibility index (Phi) is 5.79. The van der Waals surface area contributed by atoms with Gasteiger partial charge in [0, 0.05) is 35.4 Å². The van der Waals surface area contributed by atoms with Crippen molar-refractivity contribution in [2.24, 2.45) is 0 Å². The molecule has 1 heterocycles. The van der Waals surface area contributed by atoms with Gasteiger partial charge < -0.3 is 10.2 Å². The van der Waals surface area contributed by atoms with Crippen LogP contribution in [-0.2, 0) is 0 Å². The molecular weight excluding hydrogens is 374 g/mol. The third-order valence-electron chi connectivity index (χ3n) is 5.92. The Labute approximate surface area is 177 Å². The Morgan fingerprint density at radius 3 is 2.43 bits per heavy atom. The van der Waals surface area contributed by atoms with Crippen LogP contribution in [0.3, 0.4) is 0 Å². The summed E-state index contributed by atoms with van der Waals surface area (Å²) in [5.41, 5.74) is 3.50. The van der Waals surface area contributed by atoms with E-state index in [0.29, 0.717) is 22.9 Å². The molecule has 3 aromatic rings. The molecule has 2 aromatic carbocycles. The summed E-state index contributed by atoms with van der Waals surface area (Å²) < 4.78 is 0. The molecule has 0 bridgehead atoms. The molecule has 1 aromatic heterocycles. The first-order chi connectivity index (χ1) is 14.5. The number of carbonyl (C=O) groups excluding carboxylic acids is 2. The SMILES string of the molecule is Cc1cc(C(=O)Nc2ccc(C(=O)N(C)C3CCCCC3)cc2)c2ccccc2n1. The van der Waals surface area contributed by atoms with Gasteiger partial charge in [0.1, 0.15) is 0 Å². The number of nitrogens with zero attached hydrogens (tertiary/aromatic N) is 2. The standard InChI is InChI=1S/C25H27N3O2/c1-17-16-22(21-10-6-7-11-23(21)26-17)24(29)27-19-14-12-18(13-15-19)25(30)28(2)20-8-4-3-5-9-20/h6-7,10-16,20H,3-5,8-9H2,1-2H3,(H,27,29). The van der Waals surface area contributed by atoms with Gasteiger partial charge in [-0.05, 0) is 56.2 Å². The molecule has 1 fully saturated rings. The zero-order valence-electron chi connectivity index (χ0n) is 17.5. The molecule has 30 heavy (non-hydrogen) atoms. The molecule has 1 aliphatic carbocycles. The Hall–Kier alpha value is -3.21. The molecule has 154 valence electrons. The van der Waals surface area contributed by atoms with Gasteiger partial charge in [0.15, 0.2) is 0 Å². The lowest BCUT2D eigenvalue weighted by atomic mass is 9.94. The number of aryl methyl sites for hydroxylation is 1. The molecule has 1 saturated carbocycles. The predicted molar refractivity (Wildman–Crippen MR) is 120 cm³/mol. The third kappa shape index (κ3) is 4.20. The van der Waals surface area contributed by atoms with Gasteiger partial charge in [-0.2, -0.15) is 0 Å². The molecule has 5 nitrogen and oxygen atoms in total. The molecule has 0 aliphatic heterocycles. The van der Waals surface area contributed by atoms with E-state index in [9.17, 15) is 9.59 Å². The quantitative estimate of drug-likeness (QED) is 0.653. The number of rotatable bonds is 4. The summed E-state index contributed by atoms with van der Waals surface area (Å²) in [5.74, 6) is -0.148. The number of aromatic nitrogens is 1. The highest BCUT2D eigenvalue weighted by Gasteiger charge is 2.23. The van der Waals surface area contributed by atoms with Crippen LogP contribution in [0.25, 0.3) is 10.9 Å². The largest absolute Gasteiger partial charge is 0.339 e. The summed E-state index contributed by atoms with van der Waals surface area (Å²) in [6.07, 6.45) is 5.80. The van der Waals surface area contributed by atoms with E-state index in [1.807, 2.05) is 43.1 Å². The van der Waals surface area contributed by atoms with Crippen molar-refractivity contribution < 1.29 is 9.59 Å². The second-order valence-corrected chi connectivity index (χ2v) is 8.07. The van der Waals surface area contributed by atoms with E-state index in [-0.39, 0.29) is 11.8 Å². The average molecular weight is 402 g/mol. The number of fused-ring (bicyclic) bond motifs is 1. The van der Waals surface area contributed by atoms with Crippen molar-refractivity contribution in [3.8, 4) is 0 Å². The fourth-order valence-corrected chi connectivity index (χ4v) is 4.23. The predicted octanol–water partition coefficient (Wildman–Crippen LogP) is 5.20. The number of pyridine rings is 1. The molecule has 5 heteroatoms. The second-order valence-electron chi connectivity index (χ2n) is 8.07. The van der Waals surface area contributed by atoms with Crippen LogP contribution in [0, 0.1) is 6.92 Å². The van der Waals surface area contributed by atoms with Gasteiger partial charge in [-0.1, -0.05) is 37.5 Å². The zero-order valence-corrected chi connectivity index (χ0v) is 17.5. The molecule has 0 radical (unpaired) electrons. The topological polar surface area (TPSA) is 62.3 Å². The van der Waals surface area contributed by atoms with Crippen molar-refractivity contribution in [2.45, 2.75) is 45.1 Å². The molecule has 0 unspecified atom stereocenters. The first kappa shape index (κ1) is 20.1. The highest BCUT2D eigenvalue weighted by atomic mass is 16.2. The van der Waals surface area contributed by atoms with E-state index >= 15 is 0 Å². The van der Waals surface area contributed by atoms with Gasteiger partial charge in [-0.15, -0.1) is 0 Å². The maximum Gasteiger partial charge on any atom is 0.256 e. The van der Waals surface area contributed by atoms with E-state index in [2.05, 4.69) is 10.3 Å². The second kappa shape index (κ2) is 8.66. The van der Waals surface area contributed by atoms with E-state index in [1.165, 1.54) is 19.3 Å². The number of amides is 2. The highest BCUT2D eigenvalue weighted by molar-refractivity contribution is 6.12. The summed E-state index contributed by atoms with van der Waals surface area (Å²) in [4.78, 5) is 32.1. The number of benzene rings is 2. The van der Waals surface area contributed by atoms with Gasteiger partial charge in [0.25, 0.3) is 11.8 Å². The molecule has 0 spiro atoms. The van der Waals surface area contributed by atoms with Crippen LogP contribution in [0.1, 0.15) is 58.5 Å². The van der Waals surface area contributed by atoms with Gasteiger partial charge >= 0.3 is 0 Å². The minimum absolute atomic E-state index is 0.0375. The summed E-state index contributed by atoms with van der Waals surface area (Å²) in [6, 6.07) is 16.9. The molecule has 0 atom stereocenters. The summed E-state index contributed by atoms with van der Waals surface area (Å²) in [5, 5.41) is 3.77. The molecule has 4 rings (SSSR count). The van der Waals surface area contributed by atoms with Gasteiger partial charge in [0.05, 0.1) is 11.1 Å². The maximum absolute atomic E-state index is 12.9. The van der Waals surface area contributed by atoms with E-state index < -0.39 is 0 Å². The summed E-state index contributed by atoms with van der Waals surface area (Å²) in [6.45, 7) is 1.88. The Morgan fingerprint density at radius 1 is 1.00 bits per heavy atom. The first-order valence-electron chi connectivity index (χ1n) is 10.6. The van der Waals surface area contributed by atoms with Crippen LogP contribution >= 0.6 is 0 Å². The lowest BCUT2D eigenvalue weighted by Gasteiger charge is -2.31. The van der Waals surface area contributed by atoms with Crippen molar-refractivity contribution in [1.82, 2.24) is 9.88 Å². The Balaban J connectivity index is 1.49. The van der Waals surface area contributed by atoms with Crippen LogP contribution in [0.2, 0.25) is 0 Å². The maximum atomic E-state index is 12.9. The van der Waals surface area contributed by atoms with Crippen LogP contribution < -0.4 is 5.32 Å². The van der Waals surface area contributed by atoms with Crippen molar-refractivity contribution in [3.63, 3.8) is 0 Å². The normalized spacial score (nSPS) is 14.5. The molecular formula is C25H27N3O2. The number of anilines is 1. The number of carbonyl (C=O) groups is 2. The van der Waals surface area contributed by atoms with Crippen LogP contribution in [0.4, 0.5) is 5.69 Å². The van der Waals surface area contributed by atoms with Crippen molar-refractivity contribution in [3.05, 3.63) is 71.4 Å². The van der Waals surface area contributed by atoms with Gasteiger partial charge in [-0.3, -0.25) is 14.6 Å². The summed E-state index contributed by atoms with van der Waals surface area (Å²) in [7, 11) is 1.89. The Morgan fingerprint density at radius 2 is 1.70 bits per heavy atom. The van der Waals surface area contributed by atoms with Crippen LogP contribution in [0.5, 0.6) is 0 Å². The number of hydrogen-bond donors (Lipinski definition) is 1. The average Bonchev–Trinajstić information content (AvgIpc) is 2.78. The molecule has 2 amide bonds. The third-order valence-corrected chi connectivity index (χ3v) is 5.92. The smallest absolute Gasteiger partial charge is 0.256 e. The minimum Gasteiger partial charge on any atom is -0.339 e. The van der Waals surface area contributed by atoms with Crippen LogP contribution in [-0.4, -0.2) is 34.8 Å². The minimum atomic E-state index is -0.185. The van der Waals surface area contributed by atoms with Gasteiger partial charge in [0.2, 0.25) is 0 Å². The number of hydrogen-bond acceptors (Lipinski definition) is 3. The fourth-order valence-electron chi connectivity index (χ4n) is 4.23. The number of para-hydroxylation sites is 1. The van der Waals surface area contributed by atoms with Gasteiger partial charge in [-0.25, -0.2) is 0 Å². The number of nitrogens with one attached hydrogen (secondary N) is 1. The Bertz CT molecular complexity index is 1070. The van der Waals surface area contributed by atoms with E-state index in [1.54, 1.807) is 30.3 Å². The van der Waals surface area contributed by atoms with Crippen molar-refractivity contribution >= 4 is 28.4 Å². The first-order valence-corrected chi connectivity index (χ1v) is 10.6. The highest BCUT2D eigenvalue weighted by Crippen LogP contribution is 2.24. The molecule has 0 saturated heterocycles. The fraction of sp³-hybridized carbons (Fsp3) is 0.320. The van der Waals surface area contributed by atoms with Crippen molar-refractivity contribution in [1.29, 1.82) is 0 Å². The van der Waals surface area contributed by atoms with Crippen molar-refractivity contribution in [2.75, 3.05) is 12.4 Å². The molecule has 1 aliphatic rings.